The number of rotatable bonds is 1. The number of nitrogens with one attached hydrogen (secondary N) is 1. The van der Waals surface area contributed by atoms with E-state index in [-0.39, 0.29) is 5.41 Å². The van der Waals surface area contributed by atoms with Crippen LogP contribution in [0.25, 0.3) is 11.3 Å². The fourth-order valence-electron chi connectivity index (χ4n) is 3.51. The van der Waals surface area contributed by atoms with E-state index in [2.05, 4.69) is 15.4 Å². The summed E-state index contributed by atoms with van der Waals surface area (Å²) in [5, 5.41) is 7.86. The molecule has 1 fully saturated rings. The van der Waals surface area contributed by atoms with Crippen molar-refractivity contribution in [1.82, 2.24) is 20.1 Å². The number of pyridine rings is 1. The number of nitrogens with zero attached hydrogens (tertiary/aromatic N) is 3. The standard InChI is InChI=1S/C15H15F3N4/c16-15(17,18)11-5-10(7-20-8-11)12-6-13-14(1-3-19-9-14)2-4-22(13)21-12/h5-8,19H,1-4,9H2/t14-/m1/s1. The lowest BCUT2D eigenvalue weighted by molar-refractivity contribution is -0.137. The van der Waals surface area contributed by atoms with E-state index < -0.39 is 11.7 Å². The quantitative estimate of drug-likeness (QED) is 0.880. The normalized spacial score (nSPS) is 24.1. The molecule has 2 aliphatic heterocycles. The van der Waals surface area contributed by atoms with Crippen molar-refractivity contribution in [3.63, 3.8) is 0 Å². The van der Waals surface area contributed by atoms with Crippen molar-refractivity contribution in [3.05, 3.63) is 35.8 Å². The lowest BCUT2D eigenvalue weighted by Crippen LogP contribution is -2.25. The predicted molar refractivity (Wildman–Crippen MR) is 74.2 cm³/mol. The van der Waals surface area contributed by atoms with Crippen molar-refractivity contribution in [2.75, 3.05) is 13.1 Å². The maximum atomic E-state index is 12.8. The lowest BCUT2D eigenvalue weighted by Gasteiger charge is -2.20. The summed E-state index contributed by atoms with van der Waals surface area (Å²) in [6, 6.07) is 3.04. The average Bonchev–Trinajstić information content (AvgIpc) is 3.18. The molecular weight excluding hydrogens is 293 g/mol. The fourth-order valence-corrected chi connectivity index (χ4v) is 3.51. The molecule has 0 bridgehead atoms. The maximum absolute atomic E-state index is 12.8. The molecule has 0 radical (unpaired) electrons. The first-order chi connectivity index (χ1) is 10.5. The third-order valence-corrected chi connectivity index (χ3v) is 4.73. The zero-order chi connectivity index (χ0) is 15.4. The Morgan fingerprint density at radius 3 is 2.77 bits per heavy atom. The molecule has 0 amide bonds. The Hall–Kier alpha value is -1.89. The van der Waals surface area contributed by atoms with Gasteiger partial charge in [-0.2, -0.15) is 18.3 Å². The van der Waals surface area contributed by atoms with Crippen LogP contribution < -0.4 is 5.32 Å². The van der Waals surface area contributed by atoms with Crippen LogP contribution in [0.2, 0.25) is 0 Å². The van der Waals surface area contributed by atoms with E-state index in [9.17, 15) is 13.2 Å². The monoisotopic (exact) mass is 308 g/mol. The van der Waals surface area contributed by atoms with Gasteiger partial charge < -0.3 is 5.32 Å². The Balaban J connectivity index is 1.74. The van der Waals surface area contributed by atoms with E-state index in [4.69, 9.17) is 0 Å². The Morgan fingerprint density at radius 1 is 1.18 bits per heavy atom. The highest BCUT2D eigenvalue weighted by Gasteiger charge is 2.42. The fraction of sp³-hybridized carbons (Fsp3) is 0.467. The molecule has 4 heterocycles. The highest BCUT2D eigenvalue weighted by Crippen LogP contribution is 2.41. The summed E-state index contributed by atoms with van der Waals surface area (Å²) in [6.07, 6.45) is -0.00693. The van der Waals surface area contributed by atoms with Crippen LogP contribution >= 0.6 is 0 Å². The van der Waals surface area contributed by atoms with Gasteiger partial charge in [-0.05, 0) is 31.5 Å². The number of aryl methyl sites for hydroxylation is 1. The van der Waals surface area contributed by atoms with Gasteiger partial charge in [0.25, 0.3) is 0 Å². The van der Waals surface area contributed by atoms with Crippen molar-refractivity contribution in [2.24, 2.45) is 0 Å². The van der Waals surface area contributed by atoms with Gasteiger partial charge in [0.1, 0.15) is 0 Å². The minimum absolute atomic E-state index is 0.0975. The van der Waals surface area contributed by atoms with Crippen molar-refractivity contribution < 1.29 is 13.2 Å². The molecular formula is C15H15F3N4. The van der Waals surface area contributed by atoms with E-state index in [1.807, 2.05) is 10.7 Å². The van der Waals surface area contributed by atoms with Crippen LogP contribution in [-0.4, -0.2) is 27.9 Å². The Kier molecular flexibility index (Phi) is 2.84. The molecule has 7 heteroatoms. The van der Waals surface area contributed by atoms with Crippen LogP contribution in [-0.2, 0) is 18.1 Å². The molecule has 4 rings (SSSR count). The molecule has 1 saturated heterocycles. The number of aromatic nitrogens is 3. The molecule has 2 aromatic rings. The van der Waals surface area contributed by atoms with E-state index in [1.54, 1.807) is 0 Å². The minimum atomic E-state index is -4.39. The van der Waals surface area contributed by atoms with Gasteiger partial charge in [0.2, 0.25) is 0 Å². The number of alkyl halides is 3. The Bertz CT molecular complexity index is 714. The van der Waals surface area contributed by atoms with E-state index in [1.165, 1.54) is 6.20 Å². The van der Waals surface area contributed by atoms with Crippen LogP contribution in [0, 0.1) is 0 Å². The van der Waals surface area contributed by atoms with Crippen molar-refractivity contribution in [1.29, 1.82) is 0 Å². The van der Waals surface area contributed by atoms with E-state index in [0.717, 1.165) is 50.4 Å². The van der Waals surface area contributed by atoms with Gasteiger partial charge in [0, 0.05) is 42.2 Å². The molecule has 2 aromatic heterocycles. The molecule has 1 spiro atoms. The highest BCUT2D eigenvalue weighted by atomic mass is 19.4. The molecule has 4 nitrogen and oxygen atoms in total. The topological polar surface area (TPSA) is 42.7 Å². The highest BCUT2D eigenvalue weighted by molar-refractivity contribution is 5.60. The zero-order valence-electron chi connectivity index (χ0n) is 11.8. The number of halogens is 3. The smallest absolute Gasteiger partial charge is 0.316 e. The summed E-state index contributed by atoms with van der Waals surface area (Å²) >= 11 is 0. The molecule has 0 saturated carbocycles. The van der Waals surface area contributed by atoms with Gasteiger partial charge in [-0.15, -0.1) is 0 Å². The van der Waals surface area contributed by atoms with Gasteiger partial charge in [-0.3, -0.25) is 9.67 Å². The van der Waals surface area contributed by atoms with Crippen molar-refractivity contribution in [2.45, 2.75) is 31.0 Å². The van der Waals surface area contributed by atoms with Crippen LogP contribution in [0.4, 0.5) is 13.2 Å². The first-order valence-electron chi connectivity index (χ1n) is 7.30. The summed E-state index contributed by atoms with van der Waals surface area (Å²) in [7, 11) is 0. The van der Waals surface area contributed by atoms with Gasteiger partial charge in [0.05, 0.1) is 11.3 Å². The molecule has 116 valence electrons. The van der Waals surface area contributed by atoms with Crippen LogP contribution in [0.3, 0.4) is 0 Å². The predicted octanol–water partition coefficient (Wildman–Crippen LogP) is 2.60. The third-order valence-electron chi connectivity index (χ3n) is 4.73. The minimum Gasteiger partial charge on any atom is -0.316 e. The van der Waals surface area contributed by atoms with Crippen LogP contribution in [0.1, 0.15) is 24.1 Å². The molecule has 2 aliphatic rings. The second-order valence-electron chi connectivity index (χ2n) is 6.06. The summed E-state index contributed by atoms with van der Waals surface area (Å²) in [5.41, 5.74) is 1.47. The van der Waals surface area contributed by atoms with E-state index >= 15 is 0 Å². The molecule has 0 unspecified atom stereocenters. The average molecular weight is 308 g/mol. The summed E-state index contributed by atoms with van der Waals surface area (Å²) in [5.74, 6) is 0. The Morgan fingerprint density at radius 2 is 2.05 bits per heavy atom. The second kappa shape index (κ2) is 4.55. The third kappa shape index (κ3) is 2.03. The number of fused-ring (bicyclic) bond motifs is 2. The van der Waals surface area contributed by atoms with Crippen LogP contribution in [0.15, 0.2) is 24.5 Å². The van der Waals surface area contributed by atoms with Crippen LogP contribution in [0.5, 0.6) is 0 Å². The molecule has 1 atom stereocenters. The van der Waals surface area contributed by atoms with Gasteiger partial charge in [-0.25, -0.2) is 0 Å². The number of hydrogen-bond donors (Lipinski definition) is 1. The first-order valence-corrected chi connectivity index (χ1v) is 7.30. The molecule has 0 aliphatic carbocycles. The molecule has 1 N–H and O–H groups in total. The summed E-state index contributed by atoms with van der Waals surface area (Å²) < 4.78 is 40.4. The second-order valence-corrected chi connectivity index (χ2v) is 6.06. The van der Waals surface area contributed by atoms with Gasteiger partial charge in [0.15, 0.2) is 0 Å². The molecule has 22 heavy (non-hydrogen) atoms. The number of hydrogen-bond acceptors (Lipinski definition) is 3. The van der Waals surface area contributed by atoms with Crippen molar-refractivity contribution >= 4 is 0 Å². The maximum Gasteiger partial charge on any atom is 0.417 e. The largest absolute Gasteiger partial charge is 0.417 e. The van der Waals surface area contributed by atoms with Gasteiger partial charge >= 0.3 is 6.18 Å². The van der Waals surface area contributed by atoms with E-state index in [0.29, 0.717) is 11.3 Å². The lowest BCUT2D eigenvalue weighted by atomic mass is 9.82. The summed E-state index contributed by atoms with van der Waals surface area (Å²) in [4.78, 5) is 3.72. The molecule has 0 aromatic carbocycles. The Labute approximate surface area is 125 Å². The summed E-state index contributed by atoms with van der Waals surface area (Å²) in [6.45, 7) is 2.72. The van der Waals surface area contributed by atoms with Gasteiger partial charge in [-0.1, -0.05) is 0 Å². The SMILES string of the molecule is FC(F)(F)c1cncc(-c2cc3n(n2)CC[C@@]32CCNC2)c1. The first kappa shape index (κ1) is 13.8. The van der Waals surface area contributed by atoms with Crippen molar-refractivity contribution in [3.8, 4) is 11.3 Å². The zero-order valence-corrected chi connectivity index (χ0v) is 11.8.